The molecule has 0 N–H and O–H groups in total. The highest BCUT2D eigenvalue weighted by molar-refractivity contribution is 9.10. The Morgan fingerprint density at radius 3 is 3.12 bits per heavy atom. The van der Waals surface area contributed by atoms with Gasteiger partial charge in [-0.3, -0.25) is 9.69 Å². The zero-order valence-corrected chi connectivity index (χ0v) is 12.2. The van der Waals surface area contributed by atoms with E-state index in [1.54, 1.807) is 11.3 Å². The Hall–Kier alpha value is -0.390. The van der Waals surface area contributed by atoms with Crippen LogP contribution < -0.4 is 0 Å². The van der Waals surface area contributed by atoms with Crippen molar-refractivity contribution in [2.45, 2.75) is 31.8 Å². The largest absolute Gasteiger partial charge is 0.468 e. The third-order valence-electron chi connectivity index (χ3n) is 3.07. The van der Waals surface area contributed by atoms with Crippen molar-refractivity contribution in [2.75, 3.05) is 13.7 Å². The highest BCUT2D eigenvalue weighted by Crippen LogP contribution is 2.25. The minimum Gasteiger partial charge on any atom is -0.468 e. The van der Waals surface area contributed by atoms with Crippen LogP contribution in [0.1, 0.15) is 24.1 Å². The number of halogens is 1. The van der Waals surface area contributed by atoms with E-state index in [9.17, 15) is 4.79 Å². The molecule has 0 aliphatic carbocycles. The monoisotopic (exact) mass is 317 g/mol. The zero-order valence-electron chi connectivity index (χ0n) is 9.82. The minimum absolute atomic E-state index is 0.0605. The first-order valence-corrected chi connectivity index (χ1v) is 7.43. The van der Waals surface area contributed by atoms with Crippen LogP contribution in [0, 0.1) is 0 Å². The number of esters is 1. The summed E-state index contributed by atoms with van der Waals surface area (Å²) >= 11 is 5.18. The SMILES string of the molecule is COC(=O)[C@H]1CCCCN1Cc1cc(Br)cs1. The lowest BCUT2D eigenvalue weighted by Gasteiger charge is -2.33. The van der Waals surface area contributed by atoms with Crippen molar-refractivity contribution in [3.63, 3.8) is 0 Å². The van der Waals surface area contributed by atoms with Gasteiger partial charge in [0.05, 0.1) is 7.11 Å². The van der Waals surface area contributed by atoms with E-state index in [0.29, 0.717) is 0 Å². The summed E-state index contributed by atoms with van der Waals surface area (Å²) in [4.78, 5) is 15.2. The fraction of sp³-hybridized carbons (Fsp3) is 0.583. The first-order valence-electron chi connectivity index (χ1n) is 5.75. The van der Waals surface area contributed by atoms with Gasteiger partial charge in [0, 0.05) is 21.3 Å². The van der Waals surface area contributed by atoms with Crippen LogP contribution in [-0.2, 0) is 16.1 Å². The first kappa shape index (κ1) is 13.1. The van der Waals surface area contributed by atoms with Crippen molar-refractivity contribution >= 4 is 33.2 Å². The standard InChI is InChI=1S/C12H16BrNO2S/c1-16-12(15)11-4-2-3-5-14(11)7-10-6-9(13)8-17-10/h6,8,11H,2-5,7H2,1H3/t11-/m1/s1. The highest BCUT2D eigenvalue weighted by atomic mass is 79.9. The maximum absolute atomic E-state index is 11.7. The molecule has 0 spiro atoms. The summed E-state index contributed by atoms with van der Waals surface area (Å²) in [6, 6.07) is 2.06. The molecule has 1 aromatic heterocycles. The first-order chi connectivity index (χ1) is 8.20. The van der Waals surface area contributed by atoms with Crippen LogP contribution in [0.3, 0.4) is 0 Å². The Kier molecular flexibility index (Phi) is 4.59. The fourth-order valence-electron chi connectivity index (χ4n) is 2.22. The molecule has 5 heteroatoms. The van der Waals surface area contributed by atoms with Gasteiger partial charge in [-0.05, 0) is 41.4 Å². The summed E-state index contributed by atoms with van der Waals surface area (Å²) in [5, 5.41) is 2.08. The third-order valence-corrected chi connectivity index (χ3v) is 4.75. The molecular formula is C12H16BrNO2S. The number of carbonyl (C=O) groups excluding carboxylic acids is 1. The molecule has 0 amide bonds. The number of likely N-dealkylation sites (tertiary alicyclic amines) is 1. The van der Waals surface area contributed by atoms with Crippen molar-refractivity contribution in [2.24, 2.45) is 0 Å². The lowest BCUT2D eigenvalue weighted by molar-refractivity contribution is -0.148. The molecule has 1 atom stereocenters. The molecule has 1 saturated heterocycles. The molecule has 1 aliphatic heterocycles. The van der Waals surface area contributed by atoms with Gasteiger partial charge in [0.2, 0.25) is 0 Å². The van der Waals surface area contributed by atoms with Crippen molar-refractivity contribution in [1.82, 2.24) is 4.90 Å². The Bertz CT molecular complexity index is 394. The maximum atomic E-state index is 11.7. The summed E-state index contributed by atoms with van der Waals surface area (Å²) < 4.78 is 5.99. The van der Waals surface area contributed by atoms with Gasteiger partial charge in [-0.25, -0.2) is 0 Å². The molecular weight excluding hydrogens is 302 g/mol. The fourth-order valence-corrected chi connectivity index (χ4v) is 3.70. The van der Waals surface area contributed by atoms with Crippen LogP contribution in [0.2, 0.25) is 0 Å². The van der Waals surface area contributed by atoms with Gasteiger partial charge in [-0.15, -0.1) is 11.3 Å². The quantitative estimate of drug-likeness (QED) is 0.802. The Labute approximate surface area is 114 Å². The average molecular weight is 318 g/mol. The van der Waals surface area contributed by atoms with E-state index in [1.165, 1.54) is 18.4 Å². The van der Waals surface area contributed by atoms with E-state index in [-0.39, 0.29) is 12.0 Å². The molecule has 1 fully saturated rings. The molecule has 0 saturated carbocycles. The number of nitrogens with zero attached hydrogens (tertiary/aromatic N) is 1. The van der Waals surface area contributed by atoms with Crippen LogP contribution in [0.5, 0.6) is 0 Å². The Morgan fingerprint density at radius 2 is 2.47 bits per heavy atom. The van der Waals surface area contributed by atoms with E-state index < -0.39 is 0 Å². The van der Waals surface area contributed by atoms with Gasteiger partial charge >= 0.3 is 5.97 Å². The smallest absolute Gasteiger partial charge is 0.323 e. The molecule has 2 heterocycles. The van der Waals surface area contributed by atoms with E-state index in [0.717, 1.165) is 30.4 Å². The van der Waals surface area contributed by atoms with E-state index >= 15 is 0 Å². The van der Waals surface area contributed by atoms with Crippen molar-refractivity contribution in [3.05, 3.63) is 20.8 Å². The van der Waals surface area contributed by atoms with Crippen molar-refractivity contribution in [1.29, 1.82) is 0 Å². The minimum atomic E-state index is -0.0969. The molecule has 17 heavy (non-hydrogen) atoms. The van der Waals surface area contributed by atoms with Crippen LogP contribution >= 0.6 is 27.3 Å². The molecule has 0 aromatic carbocycles. The van der Waals surface area contributed by atoms with Crippen LogP contribution in [0.4, 0.5) is 0 Å². The van der Waals surface area contributed by atoms with Crippen LogP contribution in [0.25, 0.3) is 0 Å². The Morgan fingerprint density at radius 1 is 1.65 bits per heavy atom. The number of carbonyl (C=O) groups is 1. The van der Waals surface area contributed by atoms with E-state index in [2.05, 4.69) is 32.3 Å². The second kappa shape index (κ2) is 5.98. The van der Waals surface area contributed by atoms with Gasteiger partial charge in [0.15, 0.2) is 0 Å². The Balaban J connectivity index is 2.03. The number of methoxy groups -OCH3 is 1. The number of hydrogen-bond acceptors (Lipinski definition) is 4. The number of ether oxygens (including phenoxy) is 1. The molecule has 0 bridgehead atoms. The number of piperidine rings is 1. The lowest BCUT2D eigenvalue weighted by Crippen LogP contribution is -2.44. The van der Waals surface area contributed by atoms with Crippen molar-refractivity contribution < 1.29 is 9.53 Å². The van der Waals surface area contributed by atoms with Gasteiger partial charge in [0.25, 0.3) is 0 Å². The number of rotatable bonds is 3. The van der Waals surface area contributed by atoms with E-state index in [1.807, 2.05) is 0 Å². The topological polar surface area (TPSA) is 29.5 Å². The number of hydrogen-bond donors (Lipinski definition) is 0. The zero-order chi connectivity index (χ0) is 12.3. The average Bonchev–Trinajstić information content (AvgIpc) is 2.74. The predicted octanol–water partition coefficient (Wildman–Crippen LogP) is 3.04. The van der Waals surface area contributed by atoms with Gasteiger partial charge in [-0.2, -0.15) is 0 Å². The second-order valence-corrected chi connectivity index (χ2v) is 6.15. The molecule has 0 radical (unpaired) electrons. The molecule has 3 nitrogen and oxygen atoms in total. The molecule has 1 aliphatic rings. The maximum Gasteiger partial charge on any atom is 0.323 e. The summed E-state index contributed by atoms with van der Waals surface area (Å²) in [6.07, 6.45) is 3.20. The van der Waals surface area contributed by atoms with Gasteiger partial charge < -0.3 is 4.74 Å². The molecule has 1 aromatic rings. The highest BCUT2D eigenvalue weighted by Gasteiger charge is 2.29. The van der Waals surface area contributed by atoms with Crippen LogP contribution in [0.15, 0.2) is 15.9 Å². The molecule has 0 unspecified atom stereocenters. The second-order valence-electron chi connectivity index (χ2n) is 4.24. The van der Waals surface area contributed by atoms with Gasteiger partial charge in [0.1, 0.15) is 6.04 Å². The van der Waals surface area contributed by atoms with Crippen LogP contribution in [-0.4, -0.2) is 30.6 Å². The number of thiophene rings is 1. The summed E-state index contributed by atoms with van der Waals surface area (Å²) in [5.74, 6) is -0.0969. The summed E-state index contributed by atoms with van der Waals surface area (Å²) in [5.41, 5.74) is 0. The predicted molar refractivity (Wildman–Crippen MR) is 72.1 cm³/mol. The molecule has 2 rings (SSSR count). The molecule has 94 valence electrons. The van der Waals surface area contributed by atoms with E-state index in [4.69, 9.17) is 4.74 Å². The lowest BCUT2D eigenvalue weighted by atomic mass is 10.0. The van der Waals surface area contributed by atoms with Gasteiger partial charge in [-0.1, -0.05) is 6.42 Å². The van der Waals surface area contributed by atoms with Crippen molar-refractivity contribution in [3.8, 4) is 0 Å². The normalized spacial score (nSPS) is 21.4. The summed E-state index contributed by atoms with van der Waals surface area (Å²) in [7, 11) is 1.47. The summed E-state index contributed by atoms with van der Waals surface area (Å²) in [6.45, 7) is 1.82. The third kappa shape index (κ3) is 3.30.